The lowest BCUT2D eigenvalue weighted by atomic mass is 10.1. The summed E-state index contributed by atoms with van der Waals surface area (Å²) < 4.78 is 14.9. The molecule has 0 aliphatic rings. The van der Waals surface area contributed by atoms with Crippen molar-refractivity contribution in [1.29, 1.82) is 0 Å². The minimum Gasteiger partial charge on any atom is -0.389 e. The molecule has 108 valence electrons. The molecule has 0 aliphatic heterocycles. The van der Waals surface area contributed by atoms with Gasteiger partial charge in [-0.2, -0.15) is 0 Å². The number of nitrogens with one attached hydrogen (secondary N) is 1. The first-order chi connectivity index (χ1) is 9.90. The number of hydrogen-bond acceptors (Lipinski definition) is 2. The summed E-state index contributed by atoms with van der Waals surface area (Å²) in [5.74, 6) is -1.20. The zero-order valence-corrected chi connectivity index (χ0v) is 14.5. The summed E-state index contributed by atoms with van der Waals surface area (Å²) >= 11 is 11.4. The SMILES string of the molecule is NC(=S)c1ccc(Br)cc1NC(=O)c1c(F)cccc1Br. The van der Waals surface area contributed by atoms with Crippen LogP contribution in [0, 0.1) is 5.82 Å². The van der Waals surface area contributed by atoms with Crippen molar-refractivity contribution >= 4 is 60.7 Å². The maximum absolute atomic E-state index is 13.8. The Morgan fingerprint density at radius 2 is 1.95 bits per heavy atom. The van der Waals surface area contributed by atoms with E-state index in [9.17, 15) is 9.18 Å². The molecule has 0 aromatic heterocycles. The fourth-order valence-electron chi connectivity index (χ4n) is 1.73. The number of carbonyl (C=O) groups excluding carboxylic acids is 1. The number of nitrogens with two attached hydrogens (primary N) is 1. The van der Waals surface area contributed by atoms with Gasteiger partial charge in [0, 0.05) is 14.5 Å². The molecule has 7 heteroatoms. The number of carbonyl (C=O) groups is 1. The van der Waals surface area contributed by atoms with Crippen molar-refractivity contribution in [3.8, 4) is 0 Å². The Kier molecular flexibility index (Phi) is 5.08. The zero-order chi connectivity index (χ0) is 15.6. The molecule has 0 saturated heterocycles. The number of hydrogen-bond donors (Lipinski definition) is 2. The smallest absolute Gasteiger partial charge is 0.259 e. The van der Waals surface area contributed by atoms with Gasteiger partial charge in [-0.1, -0.05) is 34.2 Å². The Balaban J connectivity index is 2.40. The molecule has 1 amide bonds. The van der Waals surface area contributed by atoms with Crippen LogP contribution in [0.3, 0.4) is 0 Å². The predicted molar refractivity (Wildman–Crippen MR) is 92.1 cm³/mol. The van der Waals surface area contributed by atoms with Crippen LogP contribution in [0.5, 0.6) is 0 Å². The van der Waals surface area contributed by atoms with E-state index in [2.05, 4.69) is 37.2 Å². The lowest BCUT2D eigenvalue weighted by Crippen LogP contribution is -2.19. The summed E-state index contributed by atoms with van der Waals surface area (Å²) in [4.78, 5) is 12.4. The number of benzene rings is 2. The van der Waals surface area contributed by atoms with E-state index >= 15 is 0 Å². The molecule has 2 aromatic rings. The Labute approximate surface area is 143 Å². The van der Waals surface area contributed by atoms with Crippen molar-refractivity contribution in [1.82, 2.24) is 0 Å². The van der Waals surface area contributed by atoms with Crippen LogP contribution in [0.2, 0.25) is 0 Å². The number of halogens is 3. The van der Waals surface area contributed by atoms with Crippen molar-refractivity contribution in [3.05, 3.63) is 62.3 Å². The third kappa shape index (κ3) is 3.66. The van der Waals surface area contributed by atoms with E-state index in [1.807, 2.05) is 0 Å². The second-order valence-corrected chi connectivity index (χ2v) is 6.31. The van der Waals surface area contributed by atoms with Crippen molar-refractivity contribution in [3.63, 3.8) is 0 Å². The molecule has 0 radical (unpaired) electrons. The molecule has 21 heavy (non-hydrogen) atoms. The van der Waals surface area contributed by atoms with E-state index in [0.717, 1.165) is 4.47 Å². The maximum Gasteiger partial charge on any atom is 0.259 e. The first kappa shape index (κ1) is 16.1. The highest BCUT2D eigenvalue weighted by Gasteiger charge is 2.17. The van der Waals surface area contributed by atoms with Gasteiger partial charge in [0.05, 0.1) is 11.3 Å². The van der Waals surface area contributed by atoms with Gasteiger partial charge in [0.1, 0.15) is 10.8 Å². The van der Waals surface area contributed by atoms with Crippen LogP contribution >= 0.6 is 44.1 Å². The molecular formula is C14H9Br2FN2OS. The molecule has 3 N–H and O–H groups in total. The van der Waals surface area contributed by atoms with Gasteiger partial charge in [-0.15, -0.1) is 0 Å². The standard InChI is InChI=1S/C14H9Br2FN2OS/c15-7-4-5-8(13(18)21)11(6-7)19-14(20)12-9(16)2-1-3-10(12)17/h1-6H,(H2,18,21)(H,19,20). The maximum atomic E-state index is 13.8. The summed E-state index contributed by atoms with van der Waals surface area (Å²) in [5.41, 5.74) is 6.47. The average Bonchev–Trinajstić information content (AvgIpc) is 2.38. The summed E-state index contributed by atoms with van der Waals surface area (Å²) in [6, 6.07) is 9.40. The largest absolute Gasteiger partial charge is 0.389 e. The molecule has 2 rings (SSSR count). The molecule has 0 spiro atoms. The minimum absolute atomic E-state index is 0.0774. The first-order valence-corrected chi connectivity index (χ1v) is 7.74. The quantitative estimate of drug-likeness (QED) is 0.714. The Hall–Kier alpha value is -1.31. The Morgan fingerprint density at radius 1 is 1.24 bits per heavy atom. The van der Waals surface area contributed by atoms with E-state index in [-0.39, 0.29) is 10.6 Å². The topological polar surface area (TPSA) is 55.1 Å². The molecule has 0 fully saturated rings. The zero-order valence-electron chi connectivity index (χ0n) is 10.5. The van der Waals surface area contributed by atoms with Gasteiger partial charge in [0.25, 0.3) is 5.91 Å². The fraction of sp³-hybridized carbons (Fsp3) is 0. The van der Waals surface area contributed by atoms with E-state index in [1.165, 1.54) is 12.1 Å². The van der Waals surface area contributed by atoms with Crippen LogP contribution in [-0.2, 0) is 0 Å². The normalized spacial score (nSPS) is 10.2. The molecule has 0 bridgehead atoms. The van der Waals surface area contributed by atoms with Gasteiger partial charge in [0.15, 0.2) is 0 Å². The highest BCUT2D eigenvalue weighted by molar-refractivity contribution is 9.10. The van der Waals surface area contributed by atoms with Crippen molar-refractivity contribution in [2.75, 3.05) is 5.32 Å². The first-order valence-electron chi connectivity index (χ1n) is 5.75. The number of thiocarbonyl (C=S) groups is 1. The highest BCUT2D eigenvalue weighted by atomic mass is 79.9. The van der Waals surface area contributed by atoms with E-state index < -0.39 is 11.7 Å². The number of anilines is 1. The van der Waals surface area contributed by atoms with Crippen LogP contribution in [0.25, 0.3) is 0 Å². The Morgan fingerprint density at radius 3 is 2.57 bits per heavy atom. The molecule has 0 heterocycles. The van der Waals surface area contributed by atoms with Gasteiger partial charge in [-0.25, -0.2) is 4.39 Å². The van der Waals surface area contributed by atoms with Gasteiger partial charge >= 0.3 is 0 Å². The molecule has 0 saturated carbocycles. The molecule has 2 aromatic carbocycles. The number of amides is 1. The van der Waals surface area contributed by atoms with Gasteiger partial charge < -0.3 is 11.1 Å². The summed E-state index contributed by atoms with van der Waals surface area (Å²) in [6.45, 7) is 0. The van der Waals surface area contributed by atoms with Crippen molar-refractivity contribution < 1.29 is 9.18 Å². The summed E-state index contributed by atoms with van der Waals surface area (Å²) in [6.07, 6.45) is 0. The van der Waals surface area contributed by atoms with Crippen LogP contribution < -0.4 is 11.1 Å². The Bertz CT molecular complexity index is 717. The highest BCUT2D eigenvalue weighted by Crippen LogP contribution is 2.25. The van der Waals surface area contributed by atoms with Crippen LogP contribution in [0.1, 0.15) is 15.9 Å². The fourth-order valence-corrected chi connectivity index (χ4v) is 2.80. The predicted octanol–water partition coefficient (Wildman–Crippen LogP) is 4.24. The van der Waals surface area contributed by atoms with E-state index in [1.54, 1.807) is 24.3 Å². The van der Waals surface area contributed by atoms with Crippen LogP contribution in [-0.4, -0.2) is 10.9 Å². The second-order valence-electron chi connectivity index (χ2n) is 4.10. The van der Waals surface area contributed by atoms with Gasteiger partial charge in [-0.3, -0.25) is 4.79 Å². The molecule has 0 unspecified atom stereocenters. The van der Waals surface area contributed by atoms with Gasteiger partial charge in [0.2, 0.25) is 0 Å². The lowest BCUT2D eigenvalue weighted by molar-refractivity contribution is 0.102. The second kappa shape index (κ2) is 6.64. The summed E-state index contributed by atoms with van der Waals surface area (Å²) in [7, 11) is 0. The average molecular weight is 432 g/mol. The van der Waals surface area contributed by atoms with Crippen molar-refractivity contribution in [2.45, 2.75) is 0 Å². The molecule has 0 aliphatic carbocycles. The summed E-state index contributed by atoms with van der Waals surface area (Å²) in [5, 5.41) is 2.62. The minimum atomic E-state index is -0.617. The van der Waals surface area contributed by atoms with E-state index in [4.69, 9.17) is 18.0 Å². The van der Waals surface area contributed by atoms with Crippen LogP contribution in [0.4, 0.5) is 10.1 Å². The molecular weight excluding hydrogens is 423 g/mol. The van der Waals surface area contributed by atoms with Gasteiger partial charge in [-0.05, 0) is 46.3 Å². The van der Waals surface area contributed by atoms with Crippen molar-refractivity contribution in [2.24, 2.45) is 5.73 Å². The van der Waals surface area contributed by atoms with Crippen LogP contribution in [0.15, 0.2) is 45.3 Å². The monoisotopic (exact) mass is 430 g/mol. The third-order valence-electron chi connectivity index (χ3n) is 2.69. The molecule has 0 atom stereocenters. The lowest BCUT2D eigenvalue weighted by Gasteiger charge is -2.12. The number of rotatable bonds is 3. The van der Waals surface area contributed by atoms with E-state index in [0.29, 0.717) is 15.7 Å². The molecule has 3 nitrogen and oxygen atoms in total. The third-order valence-corrected chi connectivity index (χ3v) is 4.06.